The number of hydrogen-bond acceptors (Lipinski definition) is 4. The highest BCUT2D eigenvalue weighted by molar-refractivity contribution is 9.19. The van der Waals surface area contributed by atoms with Gasteiger partial charge in [-0.3, -0.25) is 5.41 Å². The molecular weight excluding hydrogens is 220 g/mol. The third-order valence-electron chi connectivity index (χ3n) is 2.15. The van der Waals surface area contributed by atoms with Crippen molar-refractivity contribution in [1.82, 2.24) is 5.43 Å². The topological polar surface area (TPSA) is 74.3 Å². The lowest BCUT2D eigenvalue weighted by atomic mass is 9.74. The van der Waals surface area contributed by atoms with Crippen LogP contribution in [0.4, 0.5) is 0 Å². The van der Waals surface area contributed by atoms with Crippen molar-refractivity contribution in [3.05, 3.63) is 0 Å². The summed E-state index contributed by atoms with van der Waals surface area (Å²) < 4.78 is 0.277. The molecule has 0 atom stereocenters. The highest BCUT2D eigenvalue weighted by Gasteiger charge is 2.39. The highest BCUT2D eigenvalue weighted by atomic mass is 79.9. The van der Waals surface area contributed by atoms with Crippen LogP contribution in [0.25, 0.3) is 0 Å². The molecule has 1 rings (SSSR count). The van der Waals surface area contributed by atoms with E-state index in [1.54, 1.807) is 7.05 Å². The normalized spacial score (nSPS) is 21.4. The van der Waals surface area contributed by atoms with Gasteiger partial charge < -0.3 is 11.2 Å². The Morgan fingerprint density at radius 1 is 1.67 bits per heavy atom. The predicted molar refractivity (Wildman–Crippen MR) is 53.9 cm³/mol. The zero-order valence-corrected chi connectivity index (χ0v) is 8.61. The average molecular weight is 233 g/mol. The van der Waals surface area contributed by atoms with Gasteiger partial charge in [-0.05, 0) is 35.2 Å². The molecule has 1 aliphatic rings. The van der Waals surface area contributed by atoms with Gasteiger partial charge in [-0.1, -0.05) is 0 Å². The Kier molecular flexibility index (Phi) is 2.85. The van der Waals surface area contributed by atoms with Gasteiger partial charge in [0.2, 0.25) is 0 Å². The maximum absolute atomic E-state index is 7.41. The van der Waals surface area contributed by atoms with Crippen molar-refractivity contribution in [2.24, 2.45) is 10.8 Å². The van der Waals surface area contributed by atoms with E-state index in [4.69, 9.17) is 11.1 Å². The first-order valence-electron chi connectivity index (χ1n) is 3.88. The summed E-state index contributed by atoms with van der Waals surface area (Å²) in [4.78, 5) is 0. The van der Waals surface area contributed by atoms with E-state index in [-0.39, 0.29) is 10.2 Å². The van der Waals surface area contributed by atoms with E-state index >= 15 is 0 Å². The summed E-state index contributed by atoms with van der Waals surface area (Å²) in [7, 11) is 1.71. The van der Waals surface area contributed by atoms with E-state index in [1.165, 1.54) is 0 Å². The third kappa shape index (κ3) is 1.67. The van der Waals surface area contributed by atoms with Gasteiger partial charge in [0, 0.05) is 7.05 Å². The predicted octanol–water partition coefficient (Wildman–Crippen LogP) is 0.815. The SMILES string of the molecule is CN/N=C(\C(=N)Br)C1(N)CCC1. The van der Waals surface area contributed by atoms with Gasteiger partial charge in [-0.25, -0.2) is 0 Å². The van der Waals surface area contributed by atoms with Crippen LogP contribution in [0.1, 0.15) is 19.3 Å². The fourth-order valence-corrected chi connectivity index (χ4v) is 1.77. The van der Waals surface area contributed by atoms with Crippen molar-refractivity contribution in [3.63, 3.8) is 0 Å². The summed E-state index contributed by atoms with van der Waals surface area (Å²) >= 11 is 3.08. The first-order valence-corrected chi connectivity index (χ1v) is 4.67. The fourth-order valence-electron chi connectivity index (χ4n) is 1.29. The number of nitrogens with two attached hydrogens (primary N) is 1. The lowest BCUT2D eigenvalue weighted by molar-refractivity contribution is 0.344. The summed E-state index contributed by atoms with van der Waals surface area (Å²) in [5.41, 5.74) is 8.90. The quantitative estimate of drug-likeness (QED) is 0.498. The zero-order valence-electron chi connectivity index (χ0n) is 7.02. The first kappa shape index (κ1) is 9.67. The van der Waals surface area contributed by atoms with Crippen molar-refractivity contribution in [2.45, 2.75) is 24.8 Å². The van der Waals surface area contributed by atoms with Crippen molar-refractivity contribution < 1.29 is 0 Å². The largest absolute Gasteiger partial charge is 0.320 e. The molecule has 0 radical (unpaired) electrons. The second-order valence-corrected chi connectivity index (χ2v) is 3.80. The van der Waals surface area contributed by atoms with E-state index in [2.05, 4.69) is 26.5 Å². The molecule has 0 aromatic heterocycles. The molecule has 0 aromatic carbocycles. The van der Waals surface area contributed by atoms with E-state index in [0.29, 0.717) is 5.71 Å². The van der Waals surface area contributed by atoms with Gasteiger partial charge in [0.15, 0.2) is 0 Å². The van der Waals surface area contributed by atoms with Crippen LogP contribution in [-0.4, -0.2) is 22.9 Å². The Balaban J connectivity index is 2.79. The van der Waals surface area contributed by atoms with Crippen LogP contribution in [0, 0.1) is 5.41 Å². The number of halogens is 1. The summed E-state index contributed by atoms with van der Waals surface area (Å²) in [6, 6.07) is 0. The van der Waals surface area contributed by atoms with Crippen LogP contribution >= 0.6 is 15.9 Å². The fraction of sp³-hybridized carbons (Fsp3) is 0.714. The number of hydrogen-bond donors (Lipinski definition) is 3. The van der Waals surface area contributed by atoms with Gasteiger partial charge in [0.25, 0.3) is 0 Å². The van der Waals surface area contributed by atoms with Gasteiger partial charge >= 0.3 is 0 Å². The Morgan fingerprint density at radius 2 is 2.25 bits per heavy atom. The molecule has 0 aliphatic heterocycles. The Hall–Kier alpha value is -0.420. The van der Waals surface area contributed by atoms with E-state index in [9.17, 15) is 0 Å². The van der Waals surface area contributed by atoms with Crippen LogP contribution in [0.2, 0.25) is 0 Å². The van der Waals surface area contributed by atoms with Crippen molar-refractivity contribution >= 4 is 26.3 Å². The molecule has 1 saturated carbocycles. The number of nitrogens with one attached hydrogen (secondary N) is 2. The molecule has 68 valence electrons. The lowest BCUT2D eigenvalue weighted by Crippen LogP contribution is -2.55. The molecule has 0 amide bonds. The molecule has 0 aromatic rings. The van der Waals surface area contributed by atoms with Crippen molar-refractivity contribution in [2.75, 3.05) is 7.05 Å². The average Bonchev–Trinajstić information content (AvgIpc) is 1.95. The Bertz CT molecular complexity index is 219. The van der Waals surface area contributed by atoms with Crippen LogP contribution in [0.5, 0.6) is 0 Å². The van der Waals surface area contributed by atoms with E-state index < -0.39 is 0 Å². The third-order valence-corrected chi connectivity index (χ3v) is 2.52. The summed E-state index contributed by atoms with van der Waals surface area (Å²) in [6.07, 6.45) is 2.96. The second kappa shape index (κ2) is 3.53. The molecule has 1 aliphatic carbocycles. The molecule has 4 N–H and O–H groups in total. The molecule has 5 heteroatoms. The molecule has 0 heterocycles. The van der Waals surface area contributed by atoms with Crippen molar-refractivity contribution in [3.8, 4) is 0 Å². The van der Waals surface area contributed by atoms with Crippen LogP contribution in [0.15, 0.2) is 5.10 Å². The maximum Gasteiger partial charge on any atom is 0.122 e. The molecule has 12 heavy (non-hydrogen) atoms. The molecule has 0 spiro atoms. The second-order valence-electron chi connectivity index (χ2n) is 3.01. The molecule has 1 fully saturated rings. The summed E-state index contributed by atoms with van der Waals surface area (Å²) in [5, 5.41) is 11.4. The molecule has 4 nitrogen and oxygen atoms in total. The molecule has 0 saturated heterocycles. The van der Waals surface area contributed by atoms with Crippen LogP contribution in [0.3, 0.4) is 0 Å². The van der Waals surface area contributed by atoms with Crippen molar-refractivity contribution in [1.29, 1.82) is 5.41 Å². The first-order chi connectivity index (χ1) is 5.60. The Labute approximate surface area is 80.2 Å². The molecule has 0 unspecified atom stereocenters. The lowest BCUT2D eigenvalue weighted by Gasteiger charge is -2.38. The van der Waals surface area contributed by atoms with Gasteiger partial charge in [-0.15, -0.1) is 0 Å². The molecule has 0 bridgehead atoms. The van der Waals surface area contributed by atoms with E-state index in [0.717, 1.165) is 19.3 Å². The van der Waals surface area contributed by atoms with Crippen LogP contribution < -0.4 is 11.2 Å². The number of hydrazone groups is 1. The smallest absolute Gasteiger partial charge is 0.122 e. The molecular formula is C7H13BrN4. The number of nitrogens with zero attached hydrogens (tertiary/aromatic N) is 1. The van der Waals surface area contributed by atoms with Gasteiger partial charge in [0.05, 0.1) is 5.54 Å². The highest BCUT2D eigenvalue weighted by Crippen LogP contribution is 2.31. The summed E-state index contributed by atoms with van der Waals surface area (Å²) in [5.74, 6) is 0. The Morgan fingerprint density at radius 3 is 2.50 bits per heavy atom. The standard InChI is InChI=1S/C7H13BrN4/c1-11-12-5(6(8)9)7(10)3-2-4-7/h9,11H,2-4,10H2,1H3/b9-6?,12-5+. The van der Waals surface area contributed by atoms with E-state index in [1.807, 2.05) is 0 Å². The monoisotopic (exact) mass is 232 g/mol. The minimum Gasteiger partial charge on any atom is -0.320 e. The summed E-state index contributed by atoms with van der Waals surface area (Å²) in [6.45, 7) is 0. The van der Waals surface area contributed by atoms with Crippen LogP contribution in [-0.2, 0) is 0 Å². The van der Waals surface area contributed by atoms with Gasteiger partial charge in [-0.2, -0.15) is 5.10 Å². The number of rotatable bonds is 3. The van der Waals surface area contributed by atoms with Gasteiger partial charge in [0.1, 0.15) is 10.3 Å². The maximum atomic E-state index is 7.41. The minimum absolute atomic E-state index is 0.277. The zero-order chi connectivity index (χ0) is 9.19. The minimum atomic E-state index is -0.371.